The van der Waals surface area contributed by atoms with Gasteiger partial charge >= 0.3 is 0 Å². The molecule has 5 nitrogen and oxygen atoms in total. The molecule has 1 amide bonds. The zero-order chi connectivity index (χ0) is 9.71. The van der Waals surface area contributed by atoms with E-state index >= 15 is 0 Å². The minimum absolute atomic E-state index is 0.0155. The van der Waals surface area contributed by atoms with Crippen molar-refractivity contribution in [3.8, 4) is 0 Å². The van der Waals surface area contributed by atoms with Crippen LogP contribution in [0.2, 0.25) is 0 Å². The van der Waals surface area contributed by atoms with Crippen LogP contribution in [0.5, 0.6) is 0 Å². The fourth-order valence-electron chi connectivity index (χ4n) is 1.74. The van der Waals surface area contributed by atoms with Crippen LogP contribution in [0.15, 0.2) is 18.3 Å². The summed E-state index contributed by atoms with van der Waals surface area (Å²) >= 11 is 0. The lowest BCUT2D eigenvalue weighted by molar-refractivity contribution is -0.117. The number of nitrogens with zero attached hydrogens (tertiary/aromatic N) is 3. The topological polar surface area (TPSA) is 59.8 Å². The Labute approximate surface area is 79.8 Å². The second kappa shape index (κ2) is 2.31. The number of hydrogen-bond acceptors (Lipinski definition) is 3. The Kier molecular flexibility index (Phi) is 1.24. The molecule has 1 aliphatic heterocycles. The third-order valence-corrected chi connectivity index (χ3v) is 2.47. The quantitative estimate of drug-likeness (QED) is 0.669. The molecule has 14 heavy (non-hydrogen) atoms. The molecule has 0 unspecified atom stereocenters. The van der Waals surface area contributed by atoms with Gasteiger partial charge in [-0.15, -0.1) is 0 Å². The summed E-state index contributed by atoms with van der Waals surface area (Å²) in [6, 6.07) is 3.56. The summed E-state index contributed by atoms with van der Waals surface area (Å²) in [6.07, 6.45) is 1.69. The first kappa shape index (κ1) is 7.49. The van der Waals surface area contributed by atoms with E-state index in [2.05, 4.69) is 15.3 Å². The monoisotopic (exact) mass is 188 g/mol. The summed E-state index contributed by atoms with van der Waals surface area (Å²) in [5.41, 5.74) is 1.57. The Hall–Kier alpha value is -1.91. The van der Waals surface area contributed by atoms with Gasteiger partial charge in [0.05, 0.1) is 5.52 Å². The van der Waals surface area contributed by atoms with Crippen molar-refractivity contribution in [2.75, 3.05) is 5.32 Å². The molecule has 0 saturated heterocycles. The third-order valence-electron chi connectivity index (χ3n) is 2.47. The summed E-state index contributed by atoms with van der Waals surface area (Å²) in [5.74, 6) is 0.578. The van der Waals surface area contributed by atoms with Gasteiger partial charge in [-0.25, -0.2) is 4.98 Å². The van der Waals surface area contributed by atoms with Gasteiger partial charge in [0.2, 0.25) is 11.9 Å². The number of imidazole rings is 1. The van der Waals surface area contributed by atoms with Gasteiger partial charge in [0, 0.05) is 6.20 Å². The highest BCUT2D eigenvalue weighted by Crippen LogP contribution is 2.28. The number of carbonyl (C=O) groups excluding carboxylic acids is 1. The van der Waals surface area contributed by atoms with E-state index in [0.29, 0.717) is 11.6 Å². The van der Waals surface area contributed by atoms with Crippen molar-refractivity contribution in [2.24, 2.45) is 0 Å². The predicted molar refractivity (Wildman–Crippen MR) is 50.9 cm³/mol. The zero-order valence-corrected chi connectivity index (χ0v) is 7.56. The van der Waals surface area contributed by atoms with Gasteiger partial charge in [-0.05, 0) is 19.1 Å². The van der Waals surface area contributed by atoms with Crippen molar-refractivity contribution in [1.82, 2.24) is 14.5 Å². The van der Waals surface area contributed by atoms with Crippen molar-refractivity contribution in [3.63, 3.8) is 0 Å². The van der Waals surface area contributed by atoms with Crippen molar-refractivity contribution in [3.05, 3.63) is 18.3 Å². The van der Waals surface area contributed by atoms with Gasteiger partial charge in [-0.1, -0.05) is 0 Å². The maximum atomic E-state index is 11.3. The van der Waals surface area contributed by atoms with E-state index < -0.39 is 0 Å². The number of rotatable bonds is 0. The number of amides is 1. The number of fused-ring (bicyclic) bond motifs is 3. The van der Waals surface area contributed by atoms with Crippen LogP contribution in [-0.2, 0) is 4.79 Å². The minimum atomic E-state index is -0.195. The van der Waals surface area contributed by atoms with Gasteiger partial charge in [-0.3, -0.25) is 14.7 Å². The molecular weight excluding hydrogens is 180 g/mol. The summed E-state index contributed by atoms with van der Waals surface area (Å²) in [7, 11) is 0. The van der Waals surface area contributed by atoms with E-state index in [9.17, 15) is 4.79 Å². The Morgan fingerprint density at radius 2 is 2.43 bits per heavy atom. The number of carbonyl (C=O) groups is 1. The maximum absolute atomic E-state index is 11.3. The molecule has 0 fully saturated rings. The van der Waals surface area contributed by atoms with E-state index in [4.69, 9.17) is 0 Å². The van der Waals surface area contributed by atoms with Crippen molar-refractivity contribution >= 4 is 23.0 Å². The highest BCUT2D eigenvalue weighted by molar-refractivity contribution is 5.99. The average molecular weight is 188 g/mol. The fourth-order valence-corrected chi connectivity index (χ4v) is 1.74. The van der Waals surface area contributed by atoms with Crippen LogP contribution in [0.4, 0.5) is 5.95 Å². The highest BCUT2D eigenvalue weighted by Gasteiger charge is 2.29. The average Bonchev–Trinajstić information content (AvgIpc) is 2.65. The van der Waals surface area contributed by atoms with E-state index in [0.717, 1.165) is 5.52 Å². The number of aromatic nitrogens is 3. The fraction of sp³-hybridized carbons (Fsp3) is 0.222. The van der Waals surface area contributed by atoms with E-state index in [1.54, 1.807) is 6.20 Å². The molecule has 3 heterocycles. The van der Waals surface area contributed by atoms with Gasteiger partial charge in [0.15, 0.2) is 5.65 Å². The zero-order valence-electron chi connectivity index (χ0n) is 7.56. The van der Waals surface area contributed by atoms with Gasteiger partial charge < -0.3 is 0 Å². The van der Waals surface area contributed by atoms with Crippen LogP contribution < -0.4 is 5.32 Å². The molecule has 1 N–H and O–H groups in total. The number of nitrogens with one attached hydrogen (secondary N) is 1. The molecule has 70 valence electrons. The molecule has 3 rings (SSSR count). The molecule has 1 atom stereocenters. The third kappa shape index (κ3) is 0.761. The Morgan fingerprint density at radius 3 is 3.29 bits per heavy atom. The Bertz CT molecular complexity index is 531. The van der Waals surface area contributed by atoms with Crippen LogP contribution in [-0.4, -0.2) is 20.4 Å². The minimum Gasteiger partial charge on any atom is -0.296 e. The second-order valence-electron chi connectivity index (χ2n) is 3.32. The smallest absolute Gasteiger partial charge is 0.249 e. The van der Waals surface area contributed by atoms with Gasteiger partial charge in [0.1, 0.15) is 6.04 Å². The number of pyridine rings is 1. The summed E-state index contributed by atoms with van der Waals surface area (Å²) in [5, 5.41) is 2.71. The second-order valence-corrected chi connectivity index (χ2v) is 3.32. The molecule has 1 aliphatic rings. The summed E-state index contributed by atoms with van der Waals surface area (Å²) < 4.78 is 1.87. The molecule has 0 aromatic carbocycles. The van der Waals surface area contributed by atoms with E-state index in [-0.39, 0.29) is 11.9 Å². The van der Waals surface area contributed by atoms with Crippen molar-refractivity contribution < 1.29 is 4.79 Å². The Balaban J connectivity index is 2.37. The maximum Gasteiger partial charge on any atom is 0.249 e. The summed E-state index contributed by atoms with van der Waals surface area (Å²) in [6.45, 7) is 1.85. The van der Waals surface area contributed by atoms with Crippen molar-refractivity contribution in [2.45, 2.75) is 13.0 Å². The van der Waals surface area contributed by atoms with Crippen LogP contribution in [0.3, 0.4) is 0 Å². The molecule has 0 saturated carbocycles. The highest BCUT2D eigenvalue weighted by atomic mass is 16.2. The first-order valence-corrected chi connectivity index (χ1v) is 4.41. The largest absolute Gasteiger partial charge is 0.296 e. The molecule has 0 aliphatic carbocycles. The molecule has 0 bridgehead atoms. The lowest BCUT2D eigenvalue weighted by Crippen LogP contribution is -2.12. The first-order valence-electron chi connectivity index (χ1n) is 4.41. The van der Waals surface area contributed by atoms with Gasteiger partial charge in [-0.2, -0.15) is 4.98 Å². The molecular formula is C9H8N4O. The van der Waals surface area contributed by atoms with Crippen LogP contribution in [0, 0.1) is 0 Å². The molecule has 2 aromatic heterocycles. The molecule has 0 radical (unpaired) electrons. The lowest BCUT2D eigenvalue weighted by atomic mass is 10.3. The molecule has 5 heteroatoms. The standard InChI is InChI=1S/C9H8N4O/c1-5-8(14)12-9-11-7-6(13(5)9)3-2-4-10-7/h2-5H,1H3,(H,10,11,12,14)/t5-/m0/s1. The number of anilines is 1. The Morgan fingerprint density at radius 1 is 1.57 bits per heavy atom. The van der Waals surface area contributed by atoms with Crippen molar-refractivity contribution in [1.29, 1.82) is 0 Å². The van der Waals surface area contributed by atoms with E-state index in [1.807, 2.05) is 23.6 Å². The number of hydrogen-bond donors (Lipinski definition) is 1. The van der Waals surface area contributed by atoms with Crippen LogP contribution in [0.25, 0.3) is 11.2 Å². The normalized spacial score (nSPS) is 19.8. The predicted octanol–water partition coefficient (Wildman–Crippen LogP) is 0.944. The summed E-state index contributed by atoms with van der Waals surface area (Å²) in [4.78, 5) is 19.7. The van der Waals surface area contributed by atoms with Crippen LogP contribution >= 0.6 is 0 Å². The molecule has 0 spiro atoms. The lowest BCUT2D eigenvalue weighted by Gasteiger charge is -2.02. The van der Waals surface area contributed by atoms with Gasteiger partial charge in [0.25, 0.3) is 0 Å². The SMILES string of the molecule is C[C@H]1C(=O)Nc2nc3ncccc3n21. The van der Waals surface area contributed by atoms with Crippen LogP contribution in [0.1, 0.15) is 13.0 Å². The molecule has 2 aromatic rings. The van der Waals surface area contributed by atoms with E-state index in [1.165, 1.54) is 0 Å². The first-order chi connectivity index (χ1) is 6.77.